The summed E-state index contributed by atoms with van der Waals surface area (Å²) in [6, 6.07) is 12.9. The summed E-state index contributed by atoms with van der Waals surface area (Å²) in [6.45, 7) is 0. The Morgan fingerprint density at radius 1 is 1.24 bits per heavy atom. The van der Waals surface area contributed by atoms with E-state index in [4.69, 9.17) is 17.3 Å². The van der Waals surface area contributed by atoms with Crippen molar-refractivity contribution in [2.45, 2.75) is 0 Å². The summed E-state index contributed by atoms with van der Waals surface area (Å²) >= 11 is 11.1. The Hall–Kier alpha value is -1.56. The molecule has 0 saturated heterocycles. The summed E-state index contributed by atoms with van der Waals surface area (Å²) in [6.07, 6.45) is 0. The standard InChI is InChI=1S/C15H10BrClN2OS/c16-10-7-8(18)5-6-11(10)19-15(20)14-13(17)9-3-1-2-4-12(9)21-14/h1-7H,18H2,(H,19,20). The number of amides is 1. The van der Waals surface area contributed by atoms with E-state index in [2.05, 4.69) is 21.2 Å². The Morgan fingerprint density at radius 2 is 2.00 bits per heavy atom. The lowest BCUT2D eigenvalue weighted by atomic mass is 10.2. The molecule has 0 spiro atoms. The Bertz CT molecular complexity index is 847. The smallest absolute Gasteiger partial charge is 0.267 e. The Kier molecular flexibility index (Phi) is 3.89. The van der Waals surface area contributed by atoms with Gasteiger partial charge in [-0.05, 0) is 40.2 Å². The highest BCUT2D eigenvalue weighted by Gasteiger charge is 2.17. The van der Waals surface area contributed by atoms with Crippen molar-refractivity contribution in [2.75, 3.05) is 11.1 Å². The van der Waals surface area contributed by atoms with Crippen LogP contribution in [-0.4, -0.2) is 5.91 Å². The maximum atomic E-state index is 12.4. The van der Waals surface area contributed by atoms with Gasteiger partial charge in [0.1, 0.15) is 4.88 Å². The van der Waals surface area contributed by atoms with Crippen LogP contribution in [0.15, 0.2) is 46.9 Å². The third-order valence-electron chi connectivity index (χ3n) is 2.98. The number of carbonyl (C=O) groups excluding carboxylic acids is 1. The average Bonchev–Trinajstić information content (AvgIpc) is 2.80. The fraction of sp³-hybridized carbons (Fsp3) is 0. The Morgan fingerprint density at radius 3 is 2.71 bits per heavy atom. The van der Waals surface area contributed by atoms with Gasteiger partial charge in [0, 0.05) is 20.2 Å². The van der Waals surface area contributed by atoms with Crippen molar-refractivity contribution in [3.63, 3.8) is 0 Å². The van der Waals surface area contributed by atoms with E-state index < -0.39 is 0 Å². The molecule has 3 N–H and O–H groups in total. The van der Waals surface area contributed by atoms with Crippen LogP contribution >= 0.6 is 38.9 Å². The number of benzene rings is 2. The van der Waals surface area contributed by atoms with Crippen LogP contribution in [0.1, 0.15) is 9.67 Å². The largest absolute Gasteiger partial charge is 0.399 e. The van der Waals surface area contributed by atoms with E-state index in [-0.39, 0.29) is 5.91 Å². The Balaban J connectivity index is 1.95. The number of rotatable bonds is 2. The third kappa shape index (κ3) is 2.77. The fourth-order valence-corrected chi connectivity index (χ4v) is 3.88. The molecule has 1 amide bonds. The summed E-state index contributed by atoms with van der Waals surface area (Å²) in [5, 5.41) is 4.22. The van der Waals surface area contributed by atoms with E-state index in [1.807, 2.05) is 24.3 Å². The summed E-state index contributed by atoms with van der Waals surface area (Å²) in [4.78, 5) is 12.9. The molecule has 0 fully saturated rings. The zero-order valence-corrected chi connectivity index (χ0v) is 13.8. The monoisotopic (exact) mass is 380 g/mol. The number of nitrogens with one attached hydrogen (secondary N) is 1. The van der Waals surface area contributed by atoms with Gasteiger partial charge < -0.3 is 11.1 Å². The van der Waals surface area contributed by atoms with E-state index in [1.165, 1.54) is 11.3 Å². The second-order valence-electron chi connectivity index (χ2n) is 4.43. The molecule has 0 unspecified atom stereocenters. The van der Waals surface area contributed by atoms with Crippen molar-refractivity contribution in [1.29, 1.82) is 0 Å². The summed E-state index contributed by atoms with van der Waals surface area (Å²) in [5.74, 6) is -0.230. The molecule has 106 valence electrons. The van der Waals surface area contributed by atoms with Gasteiger partial charge in [0.2, 0.25) is 0 Å². The number of hydrogen-bond acceptors (Lipinski definition) is 3. The predicted molar refractivity (Wildman–Crippen MR) is 93.3 cm³/mol. The van der Waals surface area contributed by atoms with E-state index in [1.54, 1.807) is 18.2 Å². The quantitative estimate of drug-likeness (QED) is 0.603. The fourth-order valence-electron chi connectivity index (χ4n) is 1.97. The van der Waals surface area contributed by atoms with Crippen LogP contribution in [0.5, 0.6) is 0 Å². The Labute approximate surface area is 138 Å². The van der Waals surface area contributed by atoms with Gasteiger partial charge in [0.25, 0.3) is 5.91 Å². The van der Waals surface area contributed by atoms with Crippen LogP contribution in [0.4, 0.5) is 11.4 Å². The number of halogens is 2. The number of nitrogens with two attached hydrogens (primary N) is 1. The van der Waals surface area contributed by atoms with Crippen LogP contribution in [-0.2, 0) is 0 Å². The van der Waals surface area contributed by atoms with Gasteiger partial charge in [-0.15, -0.1) is 11.3 Å². The minimum absolute atomic E-state index is 0.230. The maximum Gasteiger partial charge on any atom is 0.267 e. The van der Waals surface area contributed by atoms with Gasteiger partial charge in [-0.2, -0.15) is 0 Å². The van der Waals surface area contributed by atoms with Gasteiger partial charge >= 0.3 is 0 Å². The molecule has 0 aliphatic rings. The molecule has 21 heavy (non-hydrogen) atoms. The minimum atomic E-state index is -0.230. The molecule has 0 aliphatic heterocycles. The van der Waals surface area contributed by atoms with Gasteiger partial charge in [0.15, 0.2) is 0 Å². The molecule has 0 aliphatic carbocycles. The molecule has 3 aromatic rings. The lowest BCUT2D eigenvalue weighted by Crippen LogP contribution is -2.11. The van der Waals surface area contributed by atoms with Crippen LogP contribution < -0.4 is 11.1 Å². The number of nitrogen functional groups attached to an aromatic ring is 1. The summed E-state index contributed by atoms with van der Waals surface area (Å²) in [5.41, 5.74) is 6.96. The normalized spacial score (nSPS) is 10.8. The molecule has 0 atom stereocenters. The van der Waals surface area contributed by atoms with Crippen molar-refractivity contribution in [2.24, 2.45) is 0 Å². The first-order valence-corrected chi connectivity index (χ1v) is 8.08. The molecule has 1 heterocycles. The lowest BCUT2D eigenvalue weighted by Gasteiger charge is -2.07. The number of carbonyl (C=O) groups is 1. The topological polar surface area (TPSA) is 55.1 Å². The second kappa shape index (κ2) is 5.67. The summed E-state index contributed by atoms with van der Waals surface area (Å²) < 4.78 is 1.72. The molecular formula is C15H10BrClN2OS. The number of fused-ring (bicyclic) bond motifs is 1. The summed E-state index contributed by atoms with van der Waals surface area (Å²) in [7, 11) is 0. The highest BCUT2D eigenvalue weighted by Crippen LogP contribution is 2.36. The first kappa shape index (κ1) is 14.4. The van der Waals surface area contributed by atoms with Crippen molar-refractivity contribution in [3.8, 4) is 0 Å². The molecule has 0 saturated carbocycles. The highest BCUT2D eigenvalue weighted by molar-refractivity contribution is 9.10. The highest BCUT2D eigenvalue weighted by atomic mass is 79.9. The van der Waals surface area contributed by atoms with Crippen molar-refractivity contribution >= 4 is 66.2 Å². The van der Waals surface area contributed by atoms with Crippen LogP contribution in [0, 0.1) is 0 Å². The van der Waals surface area contributed by atoms with Crippen molar-refractivity contribution in [1.82, 2.24) is 0 Å². The number of hydrogen-bond donors (Lipinski definition) is 2. The van der Waals surface area contributed by atoms with E-state index in [9.17, 15) is 4.79 Å². The molecule has 2 aromatic carbocycles. The molecule has 6 heteroatoms. The molecule has 1 aromatic heterocycles. The maximum absolute atomic E-state index is 12.4. The van der Waals surface area contributed by atoms with Gasteiger partial charge in [0.05, 0.1) is 10.7 Å². The van der Waals surface area contributed by atoms with Crippen LogP contribution in [0.2, 0.25) is 5.02 Å². The van der Waals surface area contributed by atoms with E-state index in [0.29, 0.717) is 21.3 Å². The zero-order valence-electron chi connectivity index (χ0n) is 10.7. The predicted octanol–water partition coefficient (Wildman–Crippen LogP) is 5.15. The molecule has 3 rings (SSSR count). The zero-order chi connectivity index (χ0) is 15.0. The van der Waals surface area contributed by atoms with Gasteiger partial charge in [-0.25, -0.2) is 0 Å². The van der Waals surface area contributed by atoms with Gasteiger partial charge in [-0.3, -0.25) is 4.79 Å². The minimum Gasteiger partial charge on any atom is -0.399 e. The van der Waals surface area contributed by atoms with Crippen LogP contribution in [0.3, 0.4) is 0 Å². The first-order chi connectivity index (χ1) is 10.1. The first-order valence-electron chi connectivity index (χ1n) is 6.09. The van der Waals surface area contributed by atoms with E-state index in [0.717, 1.165) is 14.6 Å². The third-order valence-corrected chi connectivity index (χ3v) is 5.31. The molecule has 0 radical (unpaired) electrons. The second-order valence-corrected chi connectivity index (χ2v) is 6.72. The SMILES string of the molecule is Nc1ccc(NC(=O)c2sc3ccccc3c2Cl)c(Br)c1. The molecular weight excluding hydrogens is 372 g/mol. The lowest BCUT2D eigenvalue weighted by molar-refractivity contribution is 0.103. The van der Waals surface area contributed by atoms with Crippen LogP contribution in [0.25, 0.3) is 10.1 Å². The van der Waals surface area contributed by atoms with Crippen molar-refractivity contribution in [3.05, 3.63) is 56.8 Å². The molecule has 3 nitrogen and oxygen atoms in total. The van der Waals surface area contributed by atoms with E-state index >= 15 is 0 Å². The average molecular weight is 382 g/mol. The number of anilines is 2. The molecule has 0 bridgehead atoms. The number of thiophene rings is 1. The van der Waals surface area contributed by atoms with Gasteiger partial charge in [-0.1, -0.05) is 29.8 Å². The van der Waals surface area contributed by atoms with Crippen molar-refractivity contribution < 1.29 is 4.79 Å².